The molecule has 0 radical (unpaired) electrons. The molecule has 172 valence electrons. The number of ether oxygens (including phenoxy) is 3. The minimum atomic E-state index is -0.313. The normalized spacial score (nSPS) is 14.5. The highest BCUT2D eigenvalue weighted by Gasteiger charge is 2.23. The van der Waals surface area contributed by atoms with Gasteiger partial charge in [-0.25, -0.2) is 4.98 Å². The number of rotatable bonds is 8. The zero-order valence-corrected chi connectivity index (χ0v) is 19.2. The van der Waals surface area contributed by atoms with Crippen LogP contribution in [-0.4, -0.2) is 36.6 Å². The molecule has 0 saturated heterocycles. The van der Waals surface area contributed by atoms with Crippen LogP contribution in [0.15, 0.2) is 47.8 Å². The fourth-order valence-corrected chi connectivity index (χ4v) is 4.29. The van der Waals surface area contributed by atoms with E-state index in [2.05, 4.69) is 15.6 Å². The van der Waals surface area contributed by atoms with Gasteiger partial charge in [-0.3, -0.25) is 14.9 Å². The number of fused-ring (bicyclic) bond motifs is 1. The van der Waals surface area contributed by atoms with Gasteiger partial charge in [-0.1, -0.05) is 12.1 Å². The molecule has 0 spiro atoms. The lowest BCUT2D eigenvalue weighted by Crippen LogP contribution is -2.30. The Bertz CT molecular complexity index is 1150. The number of nitrogens with zero attached hydrogens (tertiary/aromatic N) is 1. The molecular weight excluding hydrogens is 442 g/mol. The van der Waals surface area contributed by atoms with E-state index in [1.165, 1.54) is 18.3 Å². The van der Waals surface area contributed by atoms with Crippen LogP contribution in [0.1, 0.15) is 31.9 Å². The van der Waals surface area contributed by atoms with Crippen molar-refractivity contribution in [3.8, 4) is 28.5 Å². The molecule has 0 aliphatic carbocycles. The van der Waals surface area contributed by atoms with Crippen molar-refractivity contribution in [1.29, 1.82) is 0 Å². The summed E-state index contributed by atoms with van der Waals surface area (Å²) >= 11 is 1.33. The number of hydrogen-bond acceptors (Lipinski definition) is 7. The fourth-order valence-electron chi connectivity index (χ4n) is 3.56. The van der Waals surface area contributed by atoms with Gasteiger partial charge in [0.15, 0.2) is 23.2 Å². The van der Waals surface area contributed by atoms with Crippen LogP contribution in [-0.2, 0) is 9.59 Å². The molecule has 1 unspecified atom stereocenters. The van der Waals surface area contributed by atoms with Gasteiger partial charge in [0.1, 0.15) is 5.75 Å². The third kappa shape index (κ3) is 5.61. The van der Waals surface area contributed by atoms with Gasteiger partial charge in [-0.05, 0) is 37.3 Å². The molecule has 2 N–H and O–H groups in total. The molecule has 1 aromatic heterocycles. The zero-order valence-electron chi connectivity index (χ0n) is 18.4. The first-order chi connectivity index (χ1) is 16.0. The lowest BCUT2D eigenvalue weighted by Gasteiger charge is -2.26. The van der Waals surface area contributed by atoms with E-state index >= 15 is 0 Å². The van der Waals surface area contributed by atoms with Gasteiger partial charge in [-0.2, -0.15) is 0 Å². The lowest BCUT2D eigenvalue weighted by molar-refractivity contribution is -0.120. The summed E-state index contributed by atoms with van der Waals surface area (Å²) in [5.41, 5.74) is 2.54. The molecule has 1 atom stereocenters. The van der Waals surface area contributed by atoms with Crippen molar-refractivity contribution in [3.05, 3.63) is 53.4 Å². The van der Waals surface area contributed by atoms with E-state index in [1.54, 1.807) is 12.1 Å². The van der Waals surface area contributed by atoms with Crippen molar-refractivity contribution in [3.63, 3.8) is 0 Å². The average Bonchev–Trinajstić information content (AvgIpc) is 3.27. The number of hydrogen-bond donors (Lipinski definition) is 2. The third-order valence-electron chi connectivity index (χ3n) is 4.98. The first-order valence-corrected chi connectivity index (χ1v) is 11.6. The maximum Gasteiger partial charge on any atom is 0.264 e. The number of anilines is 1. The van der Waals surface area contributed by atoms with Gasteiger partial charge in [0.2, 0.25) is 5.91 Å². The van der Waals surface area contributed by atoms with Gasteiger partial charge >= 0.3 is 0 Å². The molecule has 4 rings (SSSR count). The molecule has 2 amide bonds. The van der Waals surface area contributed by atoms with E-state index in [9.17, 15) is 9.59 Å². The van der Waals surface area contributed by atoms with E-state index < -0.39 is 0 Å². The predicted molar refractivity (Wildman–Crippen MR) is 126 cm³/mol. The second-order valence-corrected chi connectivity index (χ2v) is 8.26. The van der Waals surface area contributed by atoms with Gasteiger partial charge in [-0.15, -0.1) is 11.3 Å². The van der Waals surface area contributed by atoms with E-state index in [1.807, 2.05) is 42.6 Å². The van der Waals surface area contributed by atoms with Crippen LogP contribution >= 0.6 is 11.3 Å². The molecule has 2 aromatic carbocycles. The van der Waals surface area contributed by atoms with Crippen molar-refractivity contribution in [2.45, 2.75) is 26.3 Å². The summed E-state index contributed by atoms with van der Waals surface area (Å²) in [7, 11) is 0. The van der Waals surface area contributed by atoms with Crippen LogP contribution in [0.4, 0.5) is 5.13 Å². The maximum absolute atomic E-state index is 12.4. The highest BCUT2D eigenvalue weighted by Crippen LogP contribution is 2.36. The molecule has 1 aliphatic rings. The molecule has 9 heteroatoms. The number of aromatic nitrogens is 1. The van der Waals surface area contributed by atoms with Crippen molar-refractivity contribution in [1.82, 2.24) is 10.3 Å². The van der Waals surface area contributed by atoms with Gasteiger partial charge in [0.25, 0.3) is 5.91 Å². The number of carbonyl (C=O) groups is 2. The summed E-state index contributed by atoms with van der Waals surface area (Å²) in [6, 6.07) is 12.9. The van der Waals surface area contributed by atoms with Crippen molar-refractivity contribution < 1.29 is 23.8 Å². The fraction of sp³-hybridized carbons (Fsp3) is 0.292. The van der Waals surface area contributed by atoms with E-state index in [0.29, 0.717) is 36.3 Å². The Morgan fingerprint density at radius 2 is 1.97 bits per heavy atom. The molecule has 0 bridgehead atoms. The summed E-state index contributed by atoms with van der Waals surface area (Å²) in [5, 5.41) is 8.09. The maximum atomic E-state index is 12.4. The minimum Gasteiger partial charge on any atom is -0.493 e. The van der Waals surface area contributed by atoms with Gasteiger partial charge in [0.05, 0.1) is 24.9 Å². The molecule has 2 heterocycles. The standard InChI is InChI=1S/C24H25N3O5S/c1-3-30-21-6-4-5-7-22(21)32-13-23(29)27-24-26-19(14-33-24)16-8-9-20-17(12-16)18(10-11-31-20)25-15(2)28/h4-9,12,14,18H,3,10-11,13H2,1-2H3,(H,25,28)(H,26,27,29). The Kier molecular flexibility index (Phi) is 7.09. The summed E-state index contributed by atoms with van der Waals surface area (Å²) < 4.78 is 16.8. The molecule has 8 nitrogen and oxygen atoms in total. The Labute approximate surface area is 195 Å². The lowest BCUT2D eigenvalue weighted by atomic mass is 9.97. The Hall–Kier alpha value is -3.59. The van der Waals surface area contributed by atoms with Gasteiger partial charge < -0.3 is 19.5 Å². The van der Waals surface area contributed by atoms with Crippen molar-refractivity contribution in [2.24, 2.45) is 0 Å². The summed E-state index contributed by atoms with van der Waals surface area (Å²) in [6.45, 7) is 4.30. The first-order valence-electron chi connectivity index (χ1n) is 10.7. The first kappa shape index (κ1) is 22.6. The monoisotopic (exact) mass is 467 g/mol. The van der Waals surface area contributed by atoms with E-state index in [0.717, 1.165) is 22.6 Å². The molecule has 1 aliphatic heterocycles. The number of benzene rings is 2. The third-order valence-corrected chi connectivity index (χ3v) is 5.74. The molecule has 0 fully saturated rings. The topological polar surface area (TPSA) is 98.8 Å². The number of nitrogens with one attached hydrogen (secondary N) is 2. The predicted octanol–water partition coefficient (Wildman–Crippen LogP) is 4.19. The van der Waals surface area contributed by atoms with Crippen LogP contribution in [0.2, 0.25) is 0 Å². The second kappa shape index (κ2) is 10.4. The van der Waals surface area contributed by atoms with Crippen molar-refractivity contribution in [2.75, 3.05) is 25.1 Å². The Morgan fingerprint density at radius 3 is 2.73 bits per heavy atom. The number of carbonyl (C=O) groups excluding carboxylic acids is 2. The molecular formula is C24H25N3O5S. The zero-order chi connectivity index (χ0) is 23.2. The van der Waals surface area contributed by atoms with Crippen LogP contribution in [0.25, 0.3) is 11.3 Å². The number of para-hydroxylation sites is 2. The van der Waals surface area contributed by atoms with Gasteiger partial charge in [0, 0.05) is 29.9 Å². The van der Waals surface area contributed by atoms with E-state index in [4.69, 9.17) is 14.2 Å². The Balaban J connectivity index is 1.41. The highest BCUT2D eigenvalue weighted by molar-refractivity contribution is 7.14. The summed E-state index contributed by atoms with van der Waals surface area (Å²) in [5.74, 6) is 1.48. The number of thiazole rings is 1. The molecule has 33 heavy (non-hydrogen) atoms. The van der Waals surface area contributed by atoms with Crippen LogP contribution in [0, 0.1) is 0 Å². The summed E-state index contributed by atoms with van der Waals surface area (Å²) in [6.07, 6.45) is 0.709. The number of amides is 2. The largest absolute Gasteiger partial charge is 0.493 e. The quantitative estimate of drug-likeness (QED) is 0.516. The summed E-state index contributed by atoms with van der Waals surface area (Å²) in [4.78, 5) is 28.5. The average molecular weight is 468 g/mol. The van der Waals surface area contributed by atoms with E-state index in [-0.39, 0.29) is 24.5 Å². The van der Waals surface area contributed by atoms with Crippen LogP contribution in [0.5, 0.6) is 17.2 Å². The van der Waals surface area contributed by atoms with Crippen LogP contribution < -0.4 is 24.8 Å². The minimum absolute atomic E-state index is 0.0805. The smallest absolute Gasteiger partial charge is 0.264 e. The molecule has 3 aromatic rings. The second-order valence-electron chi connectivity index (χ2n) is 7.40. The SMILES string of the molecule is CCOc1ccccc1OCC(=O)Nc1nc(-c2ccc3c(c2)C(NC(C)=O)CCO3)cs1. The molecule has 0 saturated carbocycles. The highest BCUT2D eigenvalue weighted by atomic mass is 32.1. The van der Waals surface area contributed by atoms with Crippen LogP contribution in [0.3, 0.4) is 0 Å². The Morgan fingerprint density at radius 1 is 1.18 bits per heavy atom. The van der Waals surface area contributed by atoms with Crippen molar-refractivity contribution >= 4 is 28.3 Å².